The van der Waals surface area contributed by atoms with Crippen molar-refractivity contribution in [2.24, 2.45) is 16.9 Å². The smallest absolute Gasteiger partial charge is 0.319 e. The highest BCUT2D eigenvalue weighted by atomic mass is 16.2. The van der Waals surface area contributed by atoms with Crippen molar-refractivity contribution in [2.45, 2.75) is 38.6 Å². The van der Waals surface area contributed by atoms with Crippen LogP contribution in [0, 0.1) is 5.41 Å². The molecule has 2 aromatic rings. The predicted octanol–water partition coefficient (Wildman–Crippen LogP) is 3.17. The number of primary amides is 1. The fourth-order valence-corrected chi connectivity index (χ4v) is 4.31. The second-order valence-corrected chi connectivity index (χ2v) is 8.99. The zero-order valence-corrected chi connectivity index (χ0v) is 17.7. The lowest BCUT2D eigenvalue weighted by atomic mass is 9.92. The number of hydrogen-bond donors (Lipinski definition) is 2. The molecule has 0 bridgehead atoms. The van der Waals surface area contributed by atoms with Gasteiger partial charge in [-0.05, 0) is 62.3 Å². The highest BCUT2D eigenvalue weighted by molar-refractivity contribution is 5.90. The van der Waals surface area contributed by atoms with Gasteiger partial charge in [-0.15, -0.1) is 0 Å². The van der Waals surface area contributed by atoms with Gasteiger partial charge in [-0.1, -0.05) is 17.7 Å². The van der Waals surface area contributed by atoms with Crippen LogP contribution in [0.15, 0.2) is 54.5 Å². The van der Waals surface area contributed by atoms with Crippen LogP contribution in [0.4, 0.5) is 16.3 Å². The lowest BCUT2D eigenvalue weighted by Gasteiger charge is -2.26. The summed E-state index contributed by atoms with van der Waals surface area (Å²) in [6, 6.07) is 7.17. The van der Waals surface area contributed by atoms with Crippen LogP contribution in [-0.4, -0.2) is 35.6 Å². The number of carbonyl (C=O) groups is 1. The topological polar surface area (TPSA) is 101 Å². The van der Waals surface area contributed by atoms with Gasteiger partial charge in [-0.2, -0.15) is 0 Å². The number of amides is 2. The number of urea groups is 1. The lowest BCUT2D eigenvalue weighted by molar-refractivity contribution is 0.254. The molecule has 2 aliphatic rings. The Morgan fingerprint density at radius 2 is 2.10 bits per heavy atom. The first-order valence-electron chi connectivity index (χ1n) is 10.4. The SMILES string of the molecule is C/C(=C\C(C)(N)c1ccc(N2CCC3(CC3)C2)nc1)CN(C(N)=O)c1cccnc1. The predicted molar refractivity (Wildman–Crippen MR) is 119 cm³/mol. The highest BCUT2D eigenvalue weighted by Crippen LogP contribution is 2.53. The number of nitrogens with two attached hydrogens (primary N) is 2. The van der Waals surface area contributed by atoms with Crippen molar-refractivity contribution in [1.82, 2.24) is 9.97 Å². The molecule has 0 aromatic carbocycles. The van der Waals surface area contributed by atoms with Crippen LogP contribution in [0.1, 0.15) is 38.7 Å². The maximum Gasteiger partial charge on any atom is 0.319 e. The van der Waals surface area contributed by atoms with E-state index in [4.69, 9.17) is 11.5 Å². The zero-order valence-electron chi connectivity index (χ0n) is 17.7. The first kappa shape index (κ1) is 20.3. The van der Waals surface area contributed by atoms with Crippen molar-refractivity contribution in [3.05, 3.63) is 60.1 Å². The Morgan fingerprint density at radius 1 is 1.30 bits per heavy atom. The molecule has 7 nitrogen and oxygen atoms in total. The summed E-state index contributed by atoms with van der Waals surface area (Å²) in [5.41, 5.74) is 14.6. The second-order valence-electron chi connectivity index (χ2n) is 8.99. The molecule has 2 aromatic heterocycles. The first-order chi connectivity index (χ1) is 14.3. The zero-order chi connectivity index (χ0) is 21.4. The molecule has 1 unspecified atom stereocenters. The van der Waals surface area contributed by atoms with E-state index in [0.29, 0.717) is 17.6 Å². The van der Waals surface area contributed by atoms with E-state index < -0.39 is 11.6 Å². The Bertz CT molecular complexity index is 934. The summed E-state index contributed by atoms with van der Waals surface area (Å²) in [5.74, 6) is 1.02. The number of hydrogen-bond acceptors (Lipinski definition) is 5. The van der Waals surface area contributed by atoms with E-state index >= 15 is 0 Å². The third-order valence-electron chi connectivity index (χ3n) is 6.27. The largest absolute Gasteiger partial charge is 0.356 e. The molecule has 4 rings (SSSR count). The summed E-state index contributed by atoms with van der Waals surface area (Å²) in [6.07, 6.45) is 11.1. The van der Waals surface area contributed by atoms with Crippen LogP contribution in [0.5, 0.6) is 0 Å². The Kier molecular flexibility index (Phi) is 5.24. The second kappa shape index (κ2) is 7.72. The third-order valence-corrected chi connectivity index (χ3v) is 6.27. The summed E-state index contributed by atoms with van der Waals surface area (Å²) in [4.78, 5) is 24.5. The summed E-state index contributed by atoms with van der Waals surface area (Å²) in [5, 5.41) is 0. The van der Waals surface area contributed by atoms with Crippen molar-refractivity contribution in [3.8, 4) is 0 Å². The average Bonchev–Trinajstić information content (AvgIpc) is 3.35. The number of anilines is 2. The van der Waals surface area contributed by atoms with Crippen LogP contribution in [0.3, 0.4) is 0 Å². The minimum absolute atomic E-state index is 0.342. The molecule has 1 atom stereocenters. The molecule has 1 aliphatic carbocycles. The van der Waals surface area contributed by atoms with Crippen LogP contribution in [-0.2, 0) is 5.54 Å². The minimum atomic E-state index is -0.712. The monoisotopic (exact) mass is 406 g/mol. The fraction of sp³-hybridized carbons (Fsp3) is 0.435. The fourth-order valence-electron chi connectivity index (χ4n) is 4.31. The number of carbonyl (C=O) groups excluding carboxylic acids is 1. The number of rotatable bonds is 6. The molecule has 2 amide bonds. The summed E-state index contributed by atoms with van der Waals surface area (Å²) >= 11 is 0. The van der Waals surface area contributed by atoms with E-state index in [1.54, 1.807) is 24.5 Å². The van der Waals surface area contributed by atoms with Gasteiger partial charge in [0.1, 0.15) is 5.82 Å². The van der Waals surface area contributed by atoms with Gasteiger partial charge in [0.15, 0.2) is 0 Å². The molecule has 1 saturated heterocycles. The van der Waals surface area contributed by atoms with Crippen molar-refractivity contribution >= 4 is 17.5 Å². The highest BCUT2D eigenvalue weighted by Gasteiger charge is 2.47. The van der Waals surface area contributed by atoms with Gasteiger partial charge in [0.05, 0.1) is 17.4 Å². The molecule has 1 spiro atoms. The molecule has 4 N–H and O–H groups in total. The Morgan fingerprint density at radius 3 is 2.67 bits per heavy atom. The number of pyridine rings is 2. The molecular weight excluding hydrogens is 376 g/mol. The normalized spacial score (nSPS) is 19.6. The van der Waals surface area contributed by atoms with Gasteiger partial charge in [0, 0.05) is 32.0 Å². The maximum absolute atomic E-state index is 11.9. The number of aromatic nitrogens is 2. The van der Waals surface area contributed by atoms with E-state index in [1.165, 1.54) is 24.2 Å². The van der Waals surface area contributed by atoms with Crippen LogP contribution in [0.2, 0.25) is 0 Å². The standard InChI is InChI=1S/C23H30N6O/c1-17(15-29(21(24)30)19-4-3-10-26-14-19)12-22(2,25)18-5-6-20(27-13-18)28-11-9-23(16-28)7-8-23/h3-6,10,12-14H,7-9,11,15-16,25H2,1-2H3,(H2,24,30)/b17-12+. The van der Waals surface area contributed by atoms with Gasteiger partial charge < -0.3 is 16.4 Å². The van der Waals surface area contributed by atoms with Gasteiger partial charge in [-0.3, -0.25) is 9.88 Å². The molecule has 1 saturated carbocycles. The molecule has 0 radical (unpaired) electrons. The van der Waals surface area contributed by atoms with E-state index in [-0.39, 0.29) is 0 Å². The summed E-state index contributed by atoms with van der Waals surface area (Å²) < 4.78 is 0. The van der Waals surface area contributed by atoms with Crippen LogP contribution < -0.4 is 21.3 Å². The quantitative estimate of drug-likeness (QED) is 0.718. The van der Waals surface area contributed by atoms with E-state index in [0.717, 1.165) is 30.0 Å². The van der Waals surface area contributed by atoms with E-state index in [9.17, 15) is 4.79 Å². The third kappa shape index (κ3) is 4.31. The van der Waals surface area contributed by atoms with Gasteiger partial charge >= 0.3 is 6.03 Å². The molecule has 7 heteroatoms. The van der Waals surface area contributed by atoms with Crippen molar-refractivity contribution in [1.29, 1.82) is 0 Å². The van der Waals surface area contributed by atoms with Crippen molar-refractivity contribution < 1.29 is 4.79 Å². The van der Waals surface area contributed by atoms with Crippen LogP contribution in [0.25, 0.3) is 0 Å². The Balaban J connectivity index is 1.46. The van der Waals surface area contributed by atoms with E-state index in [2.05, 4.69) is 27.0 Å². The molecule has 3 heterocycles. The van der Waals surface area contributed by atoms with E-state index in [1.807, 2.05) is 26.1 Å². The molecule has 30 heavy (non-hydrogen) atoms. The van der Waals surface area contributed by atoms with Crippen LogP contribution >= 0.6 is 0 Å². The summed E-state index contributed by atoms with van der Waals surface area (Å²) in [7, 11) is 0. The molecule has 158 valence electrons. The maximum atomic E-state index is 11.9. The lowest BCUT2D eigenvalue weighted by Crippen LogP contribution is -2.38. The van der Waals surface area contributed by atoms with Gasteiger partial charge in [0.25, 0.3) is 0 Å². The molecular formula is C23H30N6O. The van der Waals surface area contributed by atoms with Gasteiger partial charge in [0.2, 0.25) is 0 Å². The van der Waals surface area contributed by atoms with Crippen molar-refractivity contribution in [3.63, 3.8) is 0 Å². The Hall–Kier alpha value is -2.93. The summed E-state index contributed by atoms with van der Waals surface area (Å²) in [6.45, 7) is 6.44. The Labute approximate surface area is 177 Å². The van der Waals surface area contributed by atoms with Crippen molar-refractivity contribution in [2.75, 3.05) is 29.4 Å². The minimum Gasteiger partial charge on any atom is -0.356 e. The first-order valence-corrected chi connectivity index (χ1v) is 10.4. The van der Waals surface area contributed by atoms with Gasteiger partial charge in [-0.25, -0.2) is 9.78 Å². The average molecular weight is 407 g/mol. The molecule has 2 fully saturated rings. The number of nitrogens with zero attached hydrogens (tertiary/aromatic N) is 4. The molecule has 1 aliphatic heterocycles.